The van der Waals surface area contributed by atoms with Gasteiger partial charge in [0.25, 0.3) is 0 Å². The molecule has 1 fully saturated rings. The lowest BCUT2D eigenvalue weighted by Crippen LogP contribution is -2.45. The zero-order chi connectivity index (χ0) is 21.2. The Labute approximate surface area is 168 Å². The van der Waals surface area contributed by atoms with Gasteiger partial charge in [-0.1, -0.05) is 22.8 Å². The molecule has 0 saturated carbocycles. The number of ketones is 1. The van der Waals surface area contributed by atoms with Crippen LogP contribution in [0.3, 0.4) is 0 Å². The lowest BCUT2D eigenvalue weighted by atomic mass is 10.1. The van der Waals surface area contributed by atoms with Gasteiger partial charge in [-0.2, -0.15) is 0 Å². The number of alkyl halides is 1. The summed E-state index contributed by atoms with van der Waals surface area (Å²) in [6, 6.07) is 5.76. The van der Waals surface area contributed by atoms with Gasteiger partial charge in [-0.15, -0.1) is 0 Å². The molecule has 0 aliphatic carbocycles. The minimum atomic E-state index is -2.41. The number of amides is 1. The van der Waals surface area contributed by atoms with Crippen LogP contribution in [0.4, 0.5) is 4.39 Å². The Morgan fingerprint density at radius 2 is 2.28 bits per heavy atom. The smallest absolute Gasteiger partial charge is 0.338 e. The van der Waals surface area contributed by atoms with Crippen LogP contribution in [-0.4, -0.2) is 58.5 Å². The lowest BCUT2D eigenvalue weighted by Gasteiger charge is -2.30. The number of azide groups is 1. The molecule has 0 aromatic heterocycles. The Morgan fingerprint density at radius 3 is 2.93 bits per heavy atom. The molecule has 0 spiro atoms. The first-order valence-corrected chi connectivity index (χ1v) is 8.66. The third-order valence-corrected chi connectivity index (χ3v) is 4.58. The Hall–Kier alpha value is -2.98. The Bertz CT molecular complexity index is 936. The Balaban J connectivity index is 1.81. The summed E-state index contributed by atoms with van der Waals surface area (Å²) in [4.78, 5) is 38.9. The molecular formula is C17H14ClFN4O6. The van der Waals surface area contributed by atoms with E-state index in [-0.39, 0.29) is 10.6 Å². The molecule has 1 N–H and O–H groups in total. The van der Waals surface area contributed by atoms with Gasteiger partial charge in [-0.05, 0) is 29.8 Å². The first-order chi connectivity index (χ1) is 13.8. The van der Waals surface area contributed by atoms with E-state index in [0.717, 1.165) is 17.2 Å². The van der Waals surface area contributed by atoms with Gasteiger partial charge in [0.15, 0.2) is 18.2 Å². The second kappa shape index (κ2) is 8.18. The van der Waals surface area contributed by atoms with Gasteiger partial charge >= 0.3 is 5.97 Å². The summed E-state index contributed by atoms with van der Waals surface area (Å²) in [6.45, 7) is -0.873. The highest BCUT2D eigenvalue weighted by Gasteiger charge is 2.58. The monoisotopic (exact) mass is 424 g/mol. The molecule has 2 aliphatic rings. The van der Waals surface area contributed by atoms with Crippen LogP contribution in [0.15, 0.2) is 41.7 Å². The van der Waals surface area contributed by atoms with Crippen molar-refractivity contribution in [2.45, 2.75) is 30.6 Å². The fourth-order valence-electron chi connectivity index (χ4n) is 2.91. The number of allylic oxidation sites excluding steroid dienone is 1. The third-order valence-electron chi connectivity index (χ3n) is 4.34. The van der Waals surface area contributed by atoms with Crippen LogP contribution in [0.1, 0.15) is 16.8 Å². The van der Waals surface area contributed by atoms with E-state index in [4.69, 9.17) is 26.6 Å². The SMILES string of the molecule is [N-]=[N+]=N[C@]1(COC(=O)c2cccc(Cl)c2)O[C@@H](N2C=CC(=O)CC2=O)[C@H](O)[C@@H]1F. The summed E-state index contributed by atoms with van der Waals surface area (Å²) < 4.78 is 25.2. The van der Waals surface area contributed by atoms with Crippen LogP contribution in [0, 0.1) is 0 Å². The first-order valence-electron chi connectivity index (χ1n) is 8.28. The summed E-state index contributed by atoms with van der Waals surface area (Å²) in [5, 5.41) is 13.7. The van der Waals surface area contributed by atoms with Crippen molar-refractivity contribution >= 4 is 29.3 Å². The number of rotatable bonds is 5. The molecular weight excluding hydrogens is 411 g/mol. The number of benzene rings is 1. The molecule has 3 rings (SSSR count). The quantitative estimate of drug-likeness (QED) is 0.251. The van der Waals surface area contributed by atoms with E-state index < -0.39 is 54.9 Å². The van der Waals surface area contributed by atoms with Crippen LogP contribution in [-0.2, 0) is 19.1 Å². The van der Waals surface area contributed by atoms with E-state index in [0.29, 0.717) is 0 Å². The van der Waals surface area contributed by atoms with Gasteiger partial charge in [-0.25, -0.2) is 9.18 Å². The summed E-state index contributed by atoms with van der Waals surface area (Å²) in [5.74, 6) is -2.10. The van der Waals surface area contributed by atoms with Crippen molar-refractivity contribution in [3.8, 4) is 0 Å². The number of nitrogens with zero attached hydrogens (tertiary/aromatic N) is 4. The molecule has 4 atom stereocenters. The highest BCUT2D eigenvalue weighted by Crippen LogP contribution is 2.38. The summed E-state index contributed by atoms with van der Waals surface area (Å²) in [6.07, 6.45) is -4.21. The summed E-state index contributed by atoms with van der Waals surface area (Å²) in [7, 11) is 0. The second-order valence-corrected chi connectivity index (χ2v) is 6.72. The van der Waals surface area contributed by atoms with E-state index in [1.807, 2.05) is 0 Å². The highest BCUT2D eigenvalue weighted by atomic mass is 35.5. The zero-order valence-electron chi connectivity index (χ0n) is 14.6. The topological polar surface area (TPSA) is 142 Å². The number of aliphatic hydroxyl groups excluding tert-OH is 1. The minimum Gasteiger partial charge on any atom is -0.459 e. The molecule has 152 valence electrons. The van der Waals surface area contributed by atoms with Crippen molar-refractivity contribution < 1.29 is 33.4 Å². The second-order valence-electron chi connectivity index (χ2n) is 6.28. The highest BCUT2D eigenvalue weighted by molar-refractivity contribution is 6.30. The molecule has 1 saturated heterocycles. The van der Waals surface area contributed by atoms with Gasteiger partial charge in [-0.3, -0.25) is 14.5 Å². The van der Waals surface area contributed by atoms with Crippen molar-refractivity contribution in [3.63, 3.8) is 0 Å². The maximum absolute atomic E-state index is 14.9. The molecule has 0 unspecified atom stereocenters. The normalized spacial score (nSPS) is 28.9. The van der Waals surface area contributed by atoms with Crippen LogP contribution >= 0.6 is 11.6 Å². The molecule has 10 nitrogen and oxygen atoms in total. The number of aliphatic hydroxyl groups is 1. The largest absolute Gasteiger partial charge is 0.459 e. The molecule has 29 heavy (non-hydrogen) atoms. The predicted octanol–water partition coefficient (Wildman–Crippen LogP) is 1.87. The van der Waals surface area contributed by atoms with Gasteiger partial charge in [0, 0.05) is 16.1 Å². The van der Waals surface area contributed by atoms with Crippen molar-refractivity contribution in [1.82, 2.24) is 4.90 Å². The molecule has 0 bridgehead atoms. The van der Waals surface area contributed by atoms with E-state index in [2.05, 4.69) is 10.0 Å². The summed E-state index contributed by atoms with van der Waals surface area (Å²) in [5.41, 5.74) is 6.48. The molecule has 1 amide bonds. The van der Waals surface area contributed by atoms with Gasteiger partial charge in [0.2, 0.25) is 11.6 Å². The number of esters is 1. The van der Waals surface area contributed by atoms with Crippen molar-refractivity contribution in [1.29, 1.82) is 0 Å². The Morgan fingerprint density at radius 1 is 1.52 bits per heavy atom. The van der Waals surface area contributed by atoms with Crippen LogP contribution in [0.5, 0.6) is 0 Å². The molecule has 2 heterocycles. The first kappa shape index (κ1) is 20.7. The maximum atomic E-state index is 14.9. The van der Waals surface area contributed by atoms with Gasteiger partial charge in [0.1, 0.15) is 12.7 Å². The minimum absolute atomic E-state index is 0.0618. The molecule has 0 radical (unpaired) electrons. The molecule has 2 aliphatic heterocycles. The average Bonchev–Trinajstić information content (AvgIpc) is 2.92. The maximum Gasteiger partial charge on any atom is 0.338 e. The Kier molecular flexibility index (Phi) is 5.85. The standard InChI is InChI=1S/C17H14ClFN4O6/c18-10-3-1-2-9(6-10)16(27)28-8-17(21-22-20)14(19)13(26)15(29-17)23-5-4-11(24)7-12(23)25/h1-6,13-15,26H,7-8H2/t13-,14+,15-,17-/m1/s1. The van der Waals surface area contributed by atoms with Crippen LogP contribution in [0.25, 0.3) is 10.4 Å². The fourth-order valence-corrected chi connectivity index (χ4v) is 3.10. The molecule has 1 aromatic rings. The van der Waals surface area contributed by atoms with Crippen molar-refractivity contribution in [2.24, 2.45) is 5.11 Å². The molecule has 1 aromatic carbocycles. The number of carbonyl (C=O) groups is 3. The van der Waals surface area contributed by atoms with Crippen molar-refractivity contribution in [2.75, 3.05) is 6.61 Å². The van der Waals surface area contributed by atoms with Gasteiger partial charge in [0.05, 0.1) is 12.0 Å². The average molecular weight is 425 g/mol. The van der Waals surface area contributed by atoms with Crippen LogP contribution in [0.2, 0.25) is 5.02 Å². The lowest BCUT2D eigenvalue weighted by molar-refractivity contribution is -0.159. The fraction of sp³-hybridized carbons (Fsp3) is 0.353. The summed E-state index contributed by atoms with van der Waals surface area (Å²) >= 11 is 5.80. The number of ether oxygens (including phenoxy) is 2. The van der Waals surface area contributed by atoms with E-state index >= 15 is 0 Å². The van der Waals surface area contributed by atoms with Crippen LogP contribution < -0.4 is 0 Å². The predicted molar refractivity (Wildman–Crippen MR) is 95.0 cm³/mol. The van der Waals surface area contributed by atoms with E-state index in [1.54, 1.807) is 0 Å². The zero-order valence-corrected chi connectivity index (χ0v) is 15.4. The number of halogens is 2. The van der Waals surface area contributed by atoms with Crippen molar-refractivity contribution in [3.05, 3.63) is 57.6 Å². The number of hydrogen-bond acceptors (Lipinski definition) is 7. The van der Waals surface area contributed by atoms with Gasteiger partial charge < -0.3 is 14.6 Å². The third kappa shape index (κ3) is 4.08. The van der Waals surface area contributed by atoms with E-state index in [1.165, 1.54) is 24.3 Å². The number of carbonyl (C=O) groups excluding carboxylic acids is 3. The van der Waals surface area contributed by atoms with E-state index in [9.17, 15) is 23.9 Å². The number of hydrogen-bond donors (Lipinski definition) is 1. The molecule has 12 heteroatoms.